The van der Waals surface area contributed by atoms with E-state index in [1.165, 1.54) is 19.3 Å². The highest BCUT2D eigenvalue weighted by Gasteiger charge is 2.46. The average Bonchev–Trinajstić information content (AvgIpc) is 2.41. The quantitative estimate of drug-likeness (QED) is 0.690. The van der Waals surface area contributed by atoms with Crippen LogP contribution in [0.25, 0.3) is 0 Å². The first-order valence-corrected chi connectivity index (χ1v) is 6.32. The van der Waals surface area contributed by atoms with E-state index in [2.05, 4.69) is 20.4 Å². The zero-order valence-electron chi connectivity index (χ0n) is 10.1. The van der Waals surface area contributed by atoms with Crippen LogP contribution in [0.3, 0.4) is 0 Å². The molecule has 4 atom stereocenters. The lowest BCUT2D eigenvalue weighted by molar-refractivity contribution is 0.0989. The van der Waals surface area contributed by atoms with Crippen molar-refractivity contribution in [3.05, 3.63) is 12.7 Å². The molecule has 0 aliphatic heterocycles. The topological polar surface area (TPSA) is 20.2 Å². The Hall–Kier alpha value is -0.300. The molecule has 0 saturated heterocycles. The molecule has 0 aromatic rings. The van der Waals surface area contributed by atoms with Crippen LogP contribution in [0.4, 0.5) is 0 Å². The van der Waals surface area contributed by atoms with Crippen molar-refractivity contribution >= 4 is 0 Å². The molecule has 1 nitrogen and oxygen atoms in total. The highest BCUT2D eigenvalue weighted by molar-refractivity contribution is 4.98. The number of hydrogen-bond donors (Lipinski definition) is 1. The maximum atomic E-state index is 10.1. The highest BCUT2D eigenvalue weighted by atomic mass is 16.3. The number of allylic oxidation sites excluding steroid dienone is 1. The van der Waals surface area contributed by atoms with Crippen LogP contribution in [0.2, 0.25) is 0 Å². The summed E-state index contributed by atoms with van der Waals surface area (Å²) in [6.45, 7) is 8.56. The Labute approximate surface area is 93.6 Å². The van der Waals surface area contributed by atoms with E-state index in [1.807, 2.05) is 6.08 Å². The van der Waals surface area contributed by atoms with Gasteiger partial charge in [0.05, 0.1) is 6.10 Å². The van der Waals surface area contributed by atoms with Crippen LogP contribution in [0.15, 0.2) is 12.7 Å². The Balaban J connectivity index is 2.07. The third-order valence-electron chi connectivity index (χ3n) is 4.60. The first-order chi connectivity index (χ1) is 7.03. The summed E-state index contributed by atoms with van der Waals surface area (Å²) in [5, 5.41) is 10.1. The summed E-state index contributed by atoms with van der Waals surface area (Å²) in [5.74, 6) is 2.04. The predicted molar refractivity (Wildman–Crippen MR) is 63.5 cm³/mol. The molecule has 2 rings (SSSR count). The number of aliphatic hydroxyl groups excluding tert-OH is 1. The average molecular weight is 208 g/mol. The van der Waals surface area contributed by atoms with Gasteiger partial charge in [-0.05, 0) is 55.3 Å². The van der Waals surface area contributed by atoms with Crippen LogP contribution in [0, 0.1) is 23.2 Å². The van der Waals surface area contributed by atoms with Gasteiger partial charge in [0.1, 0.15) is 0 Å². The number of rotatable bonds is 2. The Morgan fingerprint density at radius 2 is 2.20 bits per heavy atom. The van der Waals surface area contributed by atoms with E-state index >= 15 is 0 Å². The van der Waals surface area contributed by atoms with Crippen molar-refractivity contribution in [2.75, 3.05) is 0 Å². The van der Waals surface area contributed by atoms with Crippen LogP contribution < -0.4 is 0 Å². The third kappa shape index (κ3) is 2.13. The lowest BCUT2D eigenvalue weighted by atomic mass is 9.66. The lowest BCUT2D eigenvalue weighted by Crippen LogP contribution is -2.29. The number of hydrogen-bond acceptors (Lipinski definition) is 1. The summed E-state index contributed by atoms with van der Waals surface area (Å²) in [4.78, 5) is 0. The molecule has 2 saturated carbocycles. The van der Waals surface area contributed by atoms with E-state index in [-0.39, 0.29) is 6.10 Å². The molecule has 0 aromatic heterocycles. The van der Waals surface area contributed by atoms with Gasteiger partial charge >= 0.3 is 0 Å². The van der Waals surface area contributed by atoms with Crippen LogP contribution in [-0.2, 0) is 0 Å². The van der Waals surface area contributed by atoms with Crippen molar-refractivity contribution in [2.45, 2.75) is 52.1 Å². The van der Waals surface area contributed by atoms with Crippen LogP contribution in [-0.4, -0.2) is 11.2 Å². The molecule has 15 heavy (non-hydrogen) atoms. The normalized spacial score (nSPS) is 43.7. The Morgan fingerprint density at radius 3 is 2.87 bits per heavy atom. The minimum atomic E-state index is -0.0631. The van der Waals surface area contributed by atoms with Crippen molar-refractivity contribution in [1.82, 2.24) is 0 Å². The van der Waals surface area contributed by atoms with Crippen molar-refractivity contribution in [2.24, 2.45) is 23.2 Å². The minimum Gasteiger partial charge on any atom is -0.393 e. The van der Waals surface area contributed by atoms with E-state index in [1.54, 1.807) is 0 Å². The molecule has 2 aliphatic carbocycles. The van der Waals surface area contributed by atoms with Crippen molar-refractivity contribution in [3.8, 4) is 0 Å². The van der Waals surface area contributed by atoms with Crippen molar-refractivity contribution in [1.29, 1.82) is 0 Å². The fourth-order valence-electron chi connectivity index (χ4n) is 3.87. The summed E-state index contributed by atoms with van der Waals surface area (Å²) in [5.41, 5.74) is 0.504. The smallest absolute Gasteiger partial charge is 0.0576 e. The molecule has 0 radical (unpaired) electrons. The van der Waals surface area contributed by atoms with E-state index in [0.717, 1.165) is 24.7 Å². The van der Waals surface area contributed by atoms with Crippen LogP contribution in [0.5, 0.6) is 0 Å². The van der Waals surface area contributed by atoms with E-state index < -0.39 is 0 Å². The third-order valence-corrected chi connectivity index (χ3v) is 4.60. The predicted octanol–water partition coefficient (Wildman–Crippen LogP) is 3.39. The SMILES string of the molecule is C=CC[C@@H]1[C@H]2CCC(C)(C)C[C@@H]2C[C@@H]1O. The molecule has 2 fully saturated rings. The molecule has 2 aliphatic rings. The maximum absolute atomic E-state index is 10.1. The van der Waals surface area contributed by atoms with Gasteiger partial charge in [-0.1, -0.05) is 19.9 Å². The van der Waals surface area contributed by atoms with Crippen molar-refractivity contribution in [3.63, 3.8) is 0 Å². The molecule has 0 bridgehead atoms. The van der Waals surface area contributed by atoms with E-state index in [4.69, 9.17) is 0 Å². The molecule has 0 amide bonds. The fraction of sp³-hybridized carbons (Fsp3) is 0.857. The summed E-state index contributed by atoms with van der Waals surface area (Å²) in [7, 11) is 0. The minimum absolute atomic E-state index is 0.0631. The lowest BCUT2D eigenvalue weighted by Gasteiger charge is -2.39. The molecule has 86 valence electrons. The van der Waals surface area contributed by atoms with Gasteiger partial charge in [0.2, 0.25) is 0 Å². The monoisotopic (exact) mass is 208 g/mol. The molecule has 0 unspecified atom stereocenters. The van der Waals surface area contributed by atoms with Gasteiger partial charge in [0.15, 0.2) is 0 Å². The molecular formula is C14H24O. The highest BCUT2D eigenvalue weighted by Crippen LogP contribution is 2.52. The van der Waals surface area contributed by atoms with Crippen LogP contribution >= 0.6 is 0 Å². The van der Waals surface area contributed by atoms with Gasteiger partial charge in [0.25, 0.3) is 0 Å². The maximum Gasteiger partial charge on any atom is 0.0576 e. The second kappa shape index (κ2) is 3.93. The van der Waals surface area contributed by atoms with Gasteiger partial charge in [0, 0.05) is 0 Å². The fourth-order valence-corrected chi connectivity index (χ4v) is 3.87. The summed E-state index contributed by atoms with van der Waals surface area (Å²) < 4.78 is 0. The van der Waals surface area contributed by atoms with E-state index in [9.17, 15) is 5.11 Å². The Kier molecular flexibility index (Phi) is 2.94. The molecule has 1 N–H and O–H groups in total. The van der Waals surface area contributed by atoms with Gasteiger partial charge in [-0.25, -0.2) is 0 Å². The number of aliphatic hydroxyl groups is 1. The summed E-state index contributed by atoms with van der Waals surface area (Å²) in [6, 6.07) is 0. The summed E-state index contributed by atoms with van der Waals surface area (Å²) >= 11 is 0. The molecule has 1 heteroatoms. The molecule has 0 aromatic carbocycles. The van der Waals surface area contributed by atoms with Crippen molar-refractivity contribution < 1.29 is 5.11 Å². The zero-order valence-corrected chi connectivity index (χ0v) is 10.1. The Bertz CT molecular complexity index is 244. The molecule has 0 spiro atoms. The molecule has 0 heterocycles. The second-order valence-corrected chi connectivity index (χ2v) is 6.32. The van der Waals surface area contributed by atoms with Gasteiger partial charge in [-0.3, -0.25) is 0 Å². The largest absolute Gasteiger partial charge is 0.393 e. The first-order valence-electron chi connectivity index (χ1n) is 6.32. The van der Waals surface area contributed by atoms with Gasteiger partial charge in [-0.2, -0.15) is 0 Å². The molecular weight excluding hydrogens is 184 g/mol. The van der Waals surface area contributed by atoms with Crippen LogP contribution in [0.1, 0.15) is 46.0 Å². The van der Waals surface area contributed by atoms with Gasteiger partial charge < -0.3 is 5.11 Å². The van der Waals surface area contributed by atoms with E-state index in [0.29, 0.717) is 11.3 Å². The summed E-state index contributed by atoms with van der Waals surface area (Å²) in [6.07, 6.45) is 7.90. The number of fused-ring (bicyclic) bond motifs is 1. The second-order valence-electron chi connectivity index (χ2n) is 6.32. The van der Waals surface area contributed by atoms with Gasteiger partial charge in [-0.15, -0.1) is 6.58 Å². The first kappa shape index (κ1) is 11.2. The zero-order chi connectivity index (χ0) is 11.1. The Morgan fingerprint density at radius 1 is 1.47 bits per heavy atom. The standard InChI is InChI=1S/C14H24O/c1-4-5-12-11-6-7-14(2,3)9-10(11)8-13(12)15/h4,10-13,15H,1,5-9H2,2-3H3/t10-,11-,12+,13-/m0/s1.